The molecule has 1 saturated carbocycles. The number of ether oxygens (including phenoxy) is 1. The Labute approximate surface area is 131 Å². The Morgan fingerprint density at radius 3 is 2.73 bits per heavy atom. The maximum absolute atomic E-state index is 5.99. The van der Waals surface area contributed by atoms with Gasteiger partial charge >= 0.3 is 0 Å². The van der Waals surface area contributed by atoms with E-state index < -0.39 is 0 Å². The van der Waals surface area contributed by atoms with Gasteiger partial charge in [0.15, 0.2) is 5.96 Å². The molecule has 0 heterocycles. The molecule has 114 valence electrons. The Kier molecular flexibility index (Phi) is 4.28. The van der Waals surface area contributed by atoms with Crippen LogP contribution in [0.5, 0.6) is 11.5 Å². The number of guanidine groups is 1. The highest BCUT2D eigenvalue weighted by atomic mass is 16.5. The van der Waals surface area contributed by atoms with Crippen molar-refractivity contribution < 1.29 is 4.74 Å². The molecule has 2 aromatic carbocycles. The van der Waals surface area contributed by atoms with Crippen molar-refractivity contribution in [1.82, 2.24) is 5.32 Å². The summed E-state index contributed by atoms with van der Waals surface area (Å²) in [4.78, 5) is 4.41. The summed E-state index contributed by atoms with van der Waals surface area (Å²) in [6.45, 7) is 2.56. The highest BCUT2D eigenvalue weighted by Gasteiger charge is 2.21. The molecule has 3 N–H and O–H groups in total. The Morgan fingerprint density at radius 2 is 2.00 bits per heavy atom. The standard InChI is InChI=1S/C18H21N3O/c1-13-7-8-14(12-20-18(19)21-15-9-10-15)17(11-13)22-16-5-3-2-4-6-16/h2-8,11,15H,9-10,12H2,1H3,(H3,19,20,21). The maximum Gasteiger partial charge on any atom is 0.189 e. The summed E-state index contributed by atoms with van der Waals surface area (Å²) < 4.78 is 5.99. The van der Waals surface area contributed by atoms with Gasteiger partial charge in [0.05, 0.1) is 6.54 Å². The van der Waals surface area contributed by atoms with Crippen molar-refractivity contribution >= 4 is 5.96 Å². The fourth-order valence-corrected chi connectivity index (χ4v) is 2.16. The number of para-hydroxylation sites is 1. The van der Waals surface area contributed by atoms with Gasteiger partial charge in [-0.3, -0.25) is 0 Å². The summed E-state index contributed by atoms with van der Waals surface area (Å²) >= 11 is 0. The molecule has 1 fully saturated rings. The van der Waals surface area contributed by atoms with Crippen LogP contribution in [0, 0.1) is 6.92 Å². The highest BCUT2D eigenvalue weighted by molar-refractivity contribution is 5.78. The molecule has 0 amide bonds. The smallest absolute Gasteiger partial charge is 0.189 e. The summed E-state index contributed by atoms with van der Waals surface area (Å²) in [5.74, 6) is 2.16. The average molecular weight is 295 g/mol. The summed E-state index contributed by atoms with van der Waals surface area (Å²) in [5, 5.41) is 3.19. The average Bonchev–Trinajstić information content (AvgIpc) is 3.31. The third kappa shape index (κ3) is 4.01. The number of nitrogens with zero attached hydrogens (tertiary/aromatic N) is 1. The SMILES string of the molecule is Cc1ccc(CN=C(N)NC2CC2)c(Oc2ccccc2)c1. The predicted octanol–water partition coefficient (Wildman–Crippen LogP) is 3.35. The van der Waals surface area contributed by atoms with Crippen LogP contribution in [0.1, 0.15) is 24.0 Å². The Balaban J connectivity index is 1.75. The Morgan fingerprint density at radius 1 is 1.23 bits per heavy atom. The van der Waals surface area contributed by atoms with Crippen molar-refractivity contribution in [2.45, 2.75) is 32.4 Å². The van der Waals surface area contributed by atoms with Crippen LogP contribution < -0.4 is 15.8 Å². The number of aliphatic imine (C=N–C) groups is 1. The third-order valence-corrected chi connectivity index (χ3v) is 3.54. The molecule has 0 radical (unpaired) electrons. The van der Waals surface area contributed by atoms with Crippen molar-refractivity contribution in [2.24, 2.45) is 10.7 Å². The van der Waals surface area contributed by atoms with Gasteiger partial charge in [-0.2, -0.15) is 0 Å². The molecule has 2 aromatic rings. The van der Waals surface area contributed by atoms with Crippen molar-refractivity contribution in [1.29, 1.82) is 0 Å². The van der Waals surface area contributed by atoms with Crippen molar-refractivity contribution in [3.05, 3.63) is 59.7 Å². The largest absolute Gasteiger partial charge is 0.457 e. The topological polar surface area (TPSA) is 59.6 Å². The van der Waals surface area contributed by atoms with Gasteiger partial charge in [-0.1, -0.05) is 30.3 Å². The van der Waals surface area contributed by atoms with Crippen molar-refractivity contribution in [3.63, 3.8) is 0 Å². The number of hydrogen-bond acceptors (Lipinski definition) is 2. The lowest BCUT2D eigenvalue weighted by Gasteiger charge is -2.11. The van der Waals surface area contributed by atoms with Gasteiger partial charge in [-0.05, 0) is 43.5 Å². The van der Waals surface area contributed by atoms with E-state index in [-0.39, 0.29) is 0 Å². The zero-order chi connectivity index (χ0) is 15.4. The quantitative estimate of drug-likeness (QED) is 0.657. The third-order valence-electron chi connectivity index (χ3n) is 3.54. The first kappa shape index (κ1) is 14.4. The van der Waals surface area contributed by atoms with Gasteiger partial charge < -0.3 is 15.8 Å². The molecule has 4 heteroatoms. The molecule has 4 nitrogen and oxygen atoms in total. The summed E-state index contributed by atoms with van der Waals surface area (Å²) in [5.41, 5.74) is 8.07. The Hall–Kier alpha value is -2.49. The predicted molar refractivity (Wildman–Crippen MR) is 89.2 cm³/mol. The molecule has 0 bridgehead atoms. The molecule has 0 aromatic heterocycles. The minimum Gasteiger partial charge on any atom is -0.457 e. The number of rotatable bonds is 5. The summed E-state index contributed by atoms with van der Waals surface area (Å²) in [6, 6.07) is 16.4. The first-order chi connectivity index (χ1) is 10.7. The van der Waals surface area contributed by atoms with Crippen LogP contribution in [0.4, 0.5) is 0 Å². The summed E-state index contributed by atoms with van der Waals surface area (Å²) in [7, 11) is 0. The van der Waals surface area contributed by atoms with Gasteiger partial charge in [0.2, 0.25) is 0 Å². The van der Waals surface area contributed by atoms with E-state index in [0.717, 1.165) is 22.6 Å². The van der Waals surface area contributed by atoms with E-state index in [2.05, 4.69) is 16.4 Å². The van der Waals surface area contributed by atoms with E-state index in [1.54, 1.807) is 0 Å². The molecule has 0 atom stereocenters. The monoisotopic (exact) mass is 295 g/mol. The zero-order valence-corrected chi connectivity index (χ0v) is 12.8. The van der Waals surface area contributed by atoms with E-state index in [9.17, 15) is 0 Å². The van der Waals surface area contributed by atoms with Crippen LogP contribution in [0.3, 0.4) is 0 Å². The summed E-state index contributed by atoms with van der Waals surface area (Å²) in [6.07, 6.45) is 2.37. The number of aryl methyl sites for hydroxylation is 1. The molecule has 1 aliphatic carbocycles. The fraction of sp³-hybridized carbons (Fsp3) is 0.278. The molecule has 0 spiro atoms. The maximum atomic E-state index is 5.99. The van der Waals surface area contributed by atoms with E-state index >= 15 is 0 Å². The molecule has 0 unspecified atom stereocenters. The molecular formula is C18H21N3O. The molecule has 1 aliphatic rings. The first-order valence-electron chi connectivity index (χ1n) is 7.59. The second kappa shape index (κ2) is 6.52. The Bertz CT molecular complexity index is 663. The van der Waals surface area contributed by atoms with E-state index in [4.69, 9.17) is 10.5 Å². The molecule has 22 heavy (non-hydrogen) atoms. The number of hydrogen-bond donors (Lipinski definition) is 2. The normalized spacial score (nSPS) is 14.7. The molecule has 0 aliphatic heterocycles. The fourth-order valence-electron chi connectivity index (χ4n) is 2.16. The minimum absolute atomic E-state index is 0.508. The lowest BCUT2D eigenvalue weighted by atomic mass is 10.1. The zero-order valence-electron chi connectivity index (χ0n) is 12.8. The van der Waals surface area contributed by atoms with E-state index in [1.807, 2.05) is 49.4 Å². The van der Waals surface area contributed by atoms with Crippen LogP contribution in [-0.4, -0.2) is 12.0 Å². The van der Waals surface area contributed by atoms with Crippen LogP contribution >= 0.6 is 0 Å². The molecular weight excluding hydrogens is 274 g/mol. The van der Waals surface area contributed by atoms with Crippen LogP contribution in [0.25, 0.3) is 0 Å². The first-order valence-corrected chi connectivity index (χ1v) is 7.59. The van der Waals surface area contributed by atoms with E-state index in [0.29, 0.717) is 18.5 Å². The lowest BCUT2D eigenvalue weighted by molar-refractivity contribution is 0.476. The van der Waals surface area contributed by atoms with Crippen molar-refractivity contribution in [2.75, 3.05) is 0 Å². The lowest BCUT2D eigenvalue weighted by Crippen LogP contribution is -2.33. The molecule has 0 saturated heterocycles. The highest BCUT2D eigenvalue weighted by Crippen LogP contribution is 2.27. The van der Waals surface area contributed by atoms with Gasteiger partial charge in [-0.15, -0.1) is 0 Å². The van der Waals surface area contributed by atoms with Crippen LogP contribution in [0.2, 0.25) is 0 Å². The number of nitrogens with two attached hydrogens (primary N) is 1. The van der Waals surface area contributed by atoms with Crippen molar-refractivity contribution in [3.8, 4) is 11.5 Å². The van der Waals surface area contributed by atoms with Crippen LogP contribution in [0.15, 0.2) is 53.5 Å². The number of benzene rings is 2. The van der Waals surface area contributed by atoms with Crippen LogP contribution in [-0.2, 0) is 6.54 Å². The minimum atomic E-state index is 0.508. The molecule has 3 rings (SSSR count). The van der Waals surface area contributed by atoms with Gasteiger partial charge in [-0.25, -0.2) is 4.99 Å². The van der Waals surface area contributed by atoms with Gasteiger partial charge in [0, 0.05) is 11.6 Å². The second-order valence-electron chi connectivity index (χ2n) is 5.65. The van der Waals surface area contributed by atoms with Gasteiger partial charge in [0.1, 0.15) is 11.5 Å². The van der Waals surface area contributed by atoms with Gasteiger partial charge in [0.25, 0.3) is 0 Å². The second-order valence-corrected chi connectivity index (χ2v) is 5.65. The van der Waals surface area contributed by atoms with E-state index in [1.165, 1.54) is 12.8 Å². The number of nitrogens with one attached hydrogen (secondary N) is 1.